The molecular formula is C18H22F2IN3O. The molecule has 2 rings (SSSR count). The molecule has 2 aromatic carbocycles. The first kappa shape index (κ1) is 21.1. The second-order valence-corrected chi connectivity index (χ2v) is 5.20. The standard InChI is InChI=1S/C18H21F2N3O.HI/c1-13-5-3-4-6-14(13)12-23-18(21-2)22-9-10-24-17-8-7-15(19)11-16(17)20;/h3-8,11H,9-10,12H2,1-2H3,(H2,21,22,23);1H. The minimum Gasteiger partial charge on any atom is -0.489 e. The van der Waals surface area contributed by atoms with Gasteiger partial charge in [-0.1, -0.05) is 24.3 Å². The van der Waals surface area contributed by atoms with E-state index in [1.54, 1.807) is 7.05 Å². The number of benzene rings is 2. The predicted molar refractivity (Wildman–Crippen MR) is 107 cm³/mol. The fourth-order valence-corrected chi connectivity index (χ4v) is 2.13. The SMILES string of the molecule is CN=C(NCCOc1ccc(F)cc1F)NCc1ccccc1C.I. The first-order chi connectivity index (χ1) is 11.6. The van der Waals surface area contributed by atoms with Gasteiger partial charge < -0.3 is 15.4 Å². The Morgan fingerprint density at radius 1 is 1.12 bits per heavy atom. The molecule has 136 valence electrons. The van der Waals surface area contributed by atoms with Crippen molar-refractivity contribution in [2.75, 3.05) is 20.2 Å². The van der Waals surface area contributed by atoms with Gasteiger partial charge in [-0.05, 0) is 30.2 Å². The molecular weight excluding hydrogens is 439 g/mol. The number of hydrogen-bond acceptors (Lipinski definition) is 2. The minimum atomic E-state index is -0.711. The maximum Gasteiger partial charge on any atom is 0.191 e. The quantitative estimate of drug-likeness (QED) is 0.299. The van der Waals surface area contributed by atoms with Gasteiger partial charge in [0.05, 0.1) is 6.54 Å². The number of guanidine groups is 1. The van der Waals surface area contributed by atoms with Crippen LogP contribution in [0.2, 0.25) is 0 Å². The largest absolute Gasteiger partial charge is 0.489 e. The van der Waals surface area contributed by atoms with Crippen molar-refractivity contribution in [2.45, 2.75) is 13.5 Å². The van der Waals surface area contributed by atoms with Crippen molar-refractivity contribution in [1.82, 2.24) is 10.6 Å². The van der Waals surface area contributed by atoms with Crippen LogP contribution in [0.15, 0.2) is 47.5 Å². The van der Waals surface area contributed by atoms with E-state index in [9.17, 15) is 8.78 Å². The fourth-order valence-electron chi connectivity index (χ4n) is 2.13. The lowest BCUT2D eigenvalue weighted by Crippen LogP contribution is -2.39. The summed E-state index contributed by atoms with van der Waals surface area (Å²) >= 11 is 0. The molecule has 7 heteroatoms. The van der Waals surface area contributed by atoms with E-state index in [1.807, 2.05) is 12.1 Å². The molecule has 0 saturated carbocycles. The topological polar surface area (TPSA) is 45.7 Å². The highest BCUT2D eigenvalue weighted by molar-refractivity contribution is 14.0. The molecule has 0 fully saturated rings. The van der Waals surface area contributed by atoms with Crippen molar-refractivity contribution in [3.8, 4) is 5.75 Å². The number of ether oxygens (including phenoxy) is 1. The third-order valence-electron chi connectivity index (χ3n) is 3.48. The van der Waals surface area contributed by atoms with E-state index in [1.165, 1.54) is 17.2 Å². The molecule has 0 aliphatic carbocycles. The van der Waals surface area contributed by atoms with Gasteiger partial charge >= 0.3 is 0 Å². The van der Waals surface area contributed by atoms with E-state index in [0.717, 1.165) is 12.1 Å². The van der Waals surface area contributed by atoms with Crippen molar-refractivity contribution in [2.24, 2.45) is 4.99 Å². The van der Waals surface area contributed by atoms with Crippen molar-refractivity contribution in [1.29, 1.82) is 0 Å². The molecule has 0 radical (unpaired) electrons. The third kappa shape index (κ3) is 6.85. The van der Waals surface area contributed by atoms with E-state index in [0.29, 0.717) is 19.0 Å². The lowest BCUT2D eigenvalue weighted by molar-refractivity contribution is 0.304. The highest BCUT2D eigenvalue weighted by atomic mass is 127. The van der Waals surface area contributed by atoms with Gasteiger partial charge in [0.25, 0.3) is 0 Å². The smallest absolute Gasteiger partial charge is 0.191 e. The van der Waals surface area contributed by atoms with Gasteiger partial charge in [-0.25, -0.2) is 8.78 Å². The second kappa shape index (κ2) is 10.9. The van der Waals surface area contributed by atoms with Gasteiger partial charge in [-0.2, -0.15) is 0 Å². The summed E-state index contributed by atoms with van der Waals surface area (Å²) in [5.74, 6) is -0.682. The normalized spacial score (nSPS) is 10.8. The highest BCUT2D eigenvalue weighted by Gasteiger charge is 2.05. The molecule has 2 N–H and O–H groups in total. The van der Waals surface area contributed by atoms with Crippen LogP contribution in [0.1, 0.15) is 11.1 Å². The summed E-state index contributed by atoms with van der Waals surface area (Å²) in [5.41, 5.74) is 2.39. The minimum absolute atomic E-state index is 0. The number of halogens is 3. The monoisotopic (exact) mass is 461 g/mol. The van der Waals surface area contributed by atoms with E-state index < -0.39 is 11.6 Å². The van der Waals surface area contributed by atoms with Gasteiger partial charge in [0.2, 0.25) is 0 Å². The Balaban J connectivity index is 0.00000312. The van der Waals surface area contributed by atoms with Crippen molar-refractivity contribution in [3.05, 3.63) is 65.2 Å². The molecule has 0 aromatic heterocycles. The maximum absolute atomic E-state index is 13.4. The van der Waals surface area contributed by atoms with E-state index >= 15 is 0 Å². The van der Waals surface area contributed by atoms with Gasteiger partial charge in [-0.3, -0.25) is 4.99 Å². The van der Waals surface area contributed by atoms with E-state index in [4.69, 9.17) is 4.74 Å². The summed E-state index contributed by atoms with van der Waals surface area (Å²) in [6.45, 7) is 3.37. The Labute approximate surface area is 163 Å². The maximum atomic E-state index is 13.4. The number of aryl methyl sites for hydroxylation is 1. The summed E-state index contributed by atoms with van der Waals surface area (Å²) in [6.07, 6.45) is 0. The summed E-state index contributed by atoms with van der Waals surface area (Å²) in [5, 5.41) is 6.28. The van der Waals surface area contributed by atoms with Crippen molar-refractivity contribution >= 4 is 29.9 Å². The van der Waals surface area contributed by atoms with Crippen LogP contribution in [0.5, 0.6) is 5.75 Å². The average Bonchev–Trinajstić information content (AvgIpc) is 2.57. The molecule has 0 saturated heterocycles. The molecule has 0 amide bonds. The van der Waals surface area contributed by atoms with Crippen LogP contribution in [0, 0.1) is 18.6 Å². The zero-order valence-electron chi connectivity index (χ0n) is 14.2. The zero-order valence-corrected chi connectivity index (χ0v) is 16.5. The Hall–Kier alpha value is -1.90. The number of aliphatic imine (C=N–C) groups is 1. The molecule has 0 aliphatic rings. The predicted octanol–water partition coefficient (Wildman–Crippen LogP) is 3.64. The Morgan fingerprint density at radius 2 is 1.88 bits per heavy atom. The first-order valence-electron chi connectivity index (χ1n) is 7.67. The lowest BCUT2D eigenvalue weighted by atomic mass is 10.1. The lowest BCUT2D eigenvalue weighted by Gasteiger charge is -2.13. The van der Waals surface area contributed by atoms with Crippen LogP contribution < -0.4 is 15.4 Å². The number of nitrogens with one attached hydrogen (secondary N) is 2. The molecule has 4 nitrogen and oxygen atoms in total. The Bertz CT molecular complexity index is 710. The summed E-state index contributed by atoms with van der Waals surface area (Å²) in [4.78, 5) is 4.12. The van der Waals surface area contributed by atoms with Crippen LogP contribution in [0.4, 0.5) is 8.78 Å². The molecule has 0 unspecified atom stereocenters. The van der Waals surface area contributed by atoms with Gasteiger partial charge in [-0.15, -0.1) is 24.0 Å². The van der Waals surface area contributed by atoms with Crippen LogP contribution in [-0.4, -0.2) is 26.2 Å². The summed E-state index contributed by atoms with van der Waals surface area (Å²) < 4.78 is 31.5. The van der Waals surface area contributed by atoms with Gasteiger partial charge in [0, 0.05) is 19.7 Å². The molecule has 0 atom stereocenters. The molecule has 0 spiro atoms. The second-order valence-electron chi connectivity index (χ2n) is 5.20. The van der Waals surface area contributed by atoms with Gasteiger partial charge in [0.15, 0.2) is 17.5 Å². The third-order valence-corrected chi connectivity index (χ3v) is 3.48. The average molecular weight is 461 g/mol. The number of nitrogens with zero attached hydrogens (tertiary/aromatic N) is 1. The molecule has 0 aliphatic heterocycles. The van der Waals surface area contributed by atoms with Crippen LogP contribution in [-0.2, 0) is 6.54 Å². The molecule has 0 bridgehead atoms. The van der Waals surface area contributed by atoms with Crippen molar-refractivity contribution < 1.29 is 13.5 Å². The first-order valence-corrected chi connectivity index (χ1v) is 7.67. The van der Waals surface area contributed by atoms with E-state index in [-0.39, 0.29) is 36.3 Å². The molecule has 2 aromatic rings. The highest BCUT2D eigenvalue weighted by Crippen LogP contribution is 2.17. The summed E-state index contributed by atoms with van der Waals surface area (Å²) in [7, 11) is 1.67. The fraction of sp³-hybridized carbons (Fsp3) is 0.278. The molecule has 25 heavy (non-hydrogen) atoms. The van der Waals surface area contributed by atoms with Crippen LogP contribution >= 0.6 is 24.0 Å². The molecule has 0 heterocycles. The van der Waals surface area contributed by atoms with Gasteiger partial charge in [0.1, 0.15) is 12.4 Å². The number of rotatable bonds is 6. The Kier molecular flexibility index (Phi) is 9.18. The summed E-state index contributed by atoms with van der Waals surface area (Å²) in [6, 6.07) is 11.3. The van der Waals surface area contributed by atoms with Crippen molar-refractivity contribution in [3.63, 3.8) is 0 Å². The van der Waals surface area contributed by atoms with E-state index in [2.05, 4.69) is 34.7 Å². The van der Waals surface area contributed by atoms with Crippen LogP contribution in [0.25, 0.3) is 0 Å². The van der Waals surface area contributed by atoms with Crippen LogP contribution in [0.3, 0.4) is 0 Å². The Morgan fingerprint density at radius 3 is 2.56 bits per heavy atom. The zero-order chi connectivity index (χ0) is 17.4. The number of hydrogen-bond donors (Lipinski definition) is 2.